The van der Waals surface area contributed by atoms with Crippen molar-refractivity contribution in [3.05, 3.63) is 59.7 Å². The lowest BCUT2D eigenvalue weighted by Gasteiger charge is -2.39. The molecule has 2 aromatic rings. The summed E-state index contributed by atoms with van der Waals surface area (Å²) in [6.45, 7) is 8.42. The van der Waals surface area contributed by atoms with E-state index in [1.807, 2.05) is 23.2 Å². The smallest absolute Gasteiger partial charge is 0.119 e. The van der Waals surface area contributed by atoms with Crippen molar-refractivity contribution in [2.24, 2.45) is 5.84 Å². The number of nitrogens with two attached hydrogens (primary N) is 1. The maximum atomic E-state index is 6.42. The summed E-state index contributed by atoms with van der Waals surface area (Å²) in [5.74, 6) is 6.42. The largest absolute Gasteiger partial charge is 0.362 e. The zero-order valence-corrected chi connectivity index (χ0v) is 13.4. The maximum Gasteiger partial charge on any atom is 0.119 e. The second-order valence-electron chi connectivity index (χ2n) is 5.85. The summed E-state index contributed by atoms with van der Waals surface area (Å²) in [7, 11) is 0. The standard InChI is InChI=1S/C18H25N3/c1-5-15-11-7-9-13-17(15)21(19)18(3,4)20-16-12-8-6-10-14(16)2/h6-13,20H,5,19H2,1-4H3. The van der Waals surface area contributed by atoms with E-state index in [0.29, 0.717) is 0 Å². The predicted octanol–water partition coefficient (Wildman–Crippen LogP) is 4.09. The summed E-state index contributed by atoms with van der Waals surface area (Å²) in [5, 5.41) is 5.35. The van der Waals surface area contributed by atoms with Gasteiger partial charge in [0.2, 0.25) is 0 Å². The van der Waals surface area contributed by atoms with Crippen LogP contribution in [0.5, 0.6) is 0 Å². The van der Waals surface area contributed by atoms with Crippen LogP contribution in [-0.4, -0.2) is 5.66 Å². The molecular formula is C18H25N3. The highest BCUT2D eigenvalue weighted by atomic mass is 15.5. The van der Waals surface area contributed by atoms with Gasteiger partial charge in [-0.25, -0.2) is 5.84 Å². The van der Waals surface area contributed by atoms with Crippen molar-refractivity contribution in [1.29, 1.82) is 0 Å². The summed E-state index contributed by atoms with van der Waals surface area (Å²) < 4.78 is 0. The first-order chi connectivity index (χ1) is 9.95. The predicted molar refractivity (Wildman–Crippen MR) is 91.4 cm³/mol. The molecule has 21 heavy (non-hydrogen) atoms. The molecule has 112 valence electrons. The first-order valence-corrected chi connectivity index (χ1v) is 7.42. The number of benzene rings is 2. The average Bonchev–Trinajstić information content (AvgIpc) is 2.48. The summed E-state index contributed by atoms with van der Waals surface area (Å²) in [5.41, 5.74) is 4.23. The van der Waals surface area contributed by atoms with Crippen LogP contribution in [0.4, 0.5) is 11.4 Å². The number of nitrogens with zero attached hydrogens (tertiary/aromatic N) is 1. The molecule has 0 radical (unpaired) electrons. The Balaban J connectivity index is 2.28. The molecule has 0 spiro atoms. The Labute approximate surface area is 127 Å². The van der Waals surface area contributed by atoms with Gasteiger partial charge < -0.3 is 5.32 Å². The first-order valence-electron chi connectivity index (χ1n) is 7.42. The molecular weight excluding hydrogens is 258 g/mol. The SMILES string of the molecule is CCc1ccccc1N(N)C(C)(C)Nc1ccccc1C. The van der Waals surface area contributed by atoms with Gasteiger partial charge in [-0.15, -0.1) is 0 Å². The van der Waals surface area contributed by atoms with Crippen molar-refractivity contribution in [2.75, 3.05) is 10.3 Å². The van der Waals surface area contributed by atoms with Crippen molar-refractivity contribution in [2.45, 2.75) is 39.8 Å². The molecule has 0 aliphatic rings. The number of anilines is 2. The van der Waals surface area contributed by atoms with Gasteiger partial charge in [-0.3, -0.25) is 5.01 Å². The molecule has 3 heteroatoms. The lowest BCUT2D eigenvalue weighted by molar-refractivity contribution is 0.527. The monoisotopic (exact) mass is 283 g/mol. The molecule has 0 unspecified atom stereocenters. The van der Waals surface area contributed by atoms with E-state index in [4.69, 9.17) is 5.84 Å². The van der Waals surface area contributed by atoms with Crippen LogP contribution in [0.25, 0.3) is 0 Å². The number of rotatable bonds is 5. The molecule has 0 heterocycles. The Morgan fingerprint density at radius 1 is 1.05 bits per heavy atom. The topological polar surface area (TPSA) is 41.3 Å². The quantitative estimate of drug-likeness (QED) is 0.493. The van der Waals surface area contributed by atoms with Gasteiger partial charge in [-0.05, 0) is 50.5 Å². The molecule has 0 aliphatic carbocycles. The Morgan fingerprint density at radius 2 is 1.67 bits per heavy atom. The number of hydrazine groups is 1. The molecule has 2 aromatic carbocycles. The van der Waals surface area contributed by atoms with Crippen LogP contribution in [0.2, 0.25) is 0 Å². The van der Waals surface area contributed by atoms with E-state index in [-0.39, 0.29) is 0 Å². The van der Waals surface area contributed by atoms with Crippen LogP contribution >= 0.6 is 0 Å². The summed E-state index contributed by atoms with van der Waals surface area (Å²) in [6.07, 6.45) is 0.963. The number of nitrogens with one attached hydrogen (secondary N) is 1. The highest BCUT2D eigenvalue weighted by molar-refractivity contribution is 5.58. The van der Waals surface area contributed by atoms with E-state index < -0.39 is 5.66 Å². The van der Waals surface area contributed by atoms with Crippen LogP contribution in [0.1, 0.15) is 31.9 Å². The highest BCUT2D eigenvalue weighted by Gasteiger charge is 2.26. The van der Waals surface area contributed by atoms with Gasteiger partial charge in [-0.1, -0.05) is 43.3 Å². The first kappa shape index (κ1) is 15.4. The fraction of sp³-hybridized carbons (Fsp3) is 0.333. The fourth-order valence-electron chi connectivity index (χ4n) is 2.45. The van der Waals surface area contributed by atoms with Crippen LogP contribution in [0.3, 0.4) is 0 Å². The molecule has 0 saturated heterocycles. The molecule has 0 bridgehead atoms. The minimum absolute atomic E-state index is 0.391. The van der Waals surface area contributed by atoms with Gasteiger partial charge in [0.25, 0.3) is 0 Å². The number of aryl methyl sites for hydroxylation is 2. The van der Waals surface area contributed by atoms with Crippen LogP contribution in [0, 0.1) is 6.92 Å². The summed E-state index contributed by atoms with van der Waals surface area (Å²) >= 11 is 0. The van der Waals surface area contributed by atoms with E-state index >= 15 is 0 Å². The molecule has 2 rings (SSSR count). The van der Waals surface area contributed by atoms with Crippen LogP contribution < -0.4 is 16.2 Å². The summed E-state index contributed by atoms with van der Waals surface area (Å²) in [6, 6.07) is 16.5. The van der Waals surface area contributed by atoms with Crippen LogP contribution in [-0.2, 0) is 6.42 Å². The number of hydrogen-bond donors (Lipinski definition) is 2. The van der Waals surface area contributed by atoms with E-state index in [1.165, 1.54) is 11.1 Å². The van der Waals surface area contributed by atoms with Crippen molar-refractivity contribution in [3.8, 4) is 0 Å². The lowest BCUT2D eigenvalue weighted by Crippen LogP contribution is -2.54. The molecule has 0 saturated carbocycles. The molecule has 0 atom stereocenters. The van der Waals surface area contributed by atoms with Gasteiger partial charge in [-0.2, -0.15) is 0 Å². The number of para-hydroxylation sites is 2. The van der Waals surface area contributed by atoms with Gasteiger partial charge in [0.15, 0.2) is 0 Å². The zero-order chi connectivity index (χ0) is 15.5. The van der Waals surface area contributed by atoms with Gasteiger partial charge in [0.05, 0.1) is 5.69 Å². The van der Waals surface area contributed by atoms with E-state index in [1.54, 1.807) is 0 Å². The van der Waals surface area contributed by atoms with Crippen molar-refractivity contribution in [1.82, 2.24) is 0 Å². The second-order valence-corrected chi connectivity index (χ2v) is 5.85. The number of hydrogen-bond acceptors (Lipinski definition) is 3. The summed E-state index contributed by atoms with van der Waals surface area (Å²) in [4.78, 5) is 0. The van der Waals surface area contributed by atoms with Crippen molar-refractivity contribution >= 4 is 11.4 Å². The minimum atomic E-state index is -0.391. The van der Waals surface area contributed by atoms with Gasteiger partial charge >= 0.3 is 0 Å². The third-order valence-electron chi connectivity index (χ3n) is 3.82. The van der Waals surface area contributed by atoms with E-state index in [9.17, 15) is 0 Å². The fourth-order valence-corrected chi connectivity index (χ4v) is 2.45. The van der Waals surface area contributed by atoms with Crippen molar-refractivity contribution in [3.63, 3.8) is 0 Å². The van der Waals surface area contributed by atoms with Crippen molar-refractivity contribution < 1.29 is 0 Å². The minimum Gasteiger partial charge on any atom is -0.362 e. The average molecular weight is 283 g/mol. The molecule has 0 aliphatic heterocycles. The molecule has 0 aromatic heterocycles. The molecule has 3 nitrogen and oxygen atoms in total. The zero-order valence-electron chi connectivity index (χ0n) is 13.4. The molecule has 0 amide bonds. The third-order valence-corrected chi connectivity index (χ3v) is 3.82. The Bertz CT molecular complexity index is 605. The van der Waals surface area contributed by atoms with Gasteiger partial charge in [0, 0.05) is 5.69 Å². The Kier molecular flexibility index (Phi) is 4.53. The van der Waals surface area contributed by atoms with E-state index in [2.05, 4.69) is 63.3 Å². The normalized spacial score (nSPS) is 11.3. The molecule has 0 fully saturated rings. The molecule has 3 N–H and O–H groups in total. The second kappa shape index (κ2) is 6.19. The maximum absolute atomic E-state index is 6.42. The highest BCUT2D eigenvalue weighted by Crippen LogP contribution is 2.27. The third kappa shape index (κ3) is 3.37. The Morgan fingerprint density at radius 3 is 2.33 bits per heavy atom. The van der Waals surface area contributed by atoms with Crippen LogP contribution in [0.15, 0.2) is 48.5 Å². The van der Waals surface area contributed by atoms with Gasteiger partial charge in [0.1, 0.15) is 5.66 Å². The lowest BCUT2D eigenvalue weighted by atomic mass is 10.1. The Hall–Kier alpha value is -2.00. The van der Waals surface area contributed by atoms with E-state index in [0.717, 1.165) is 17.8 Å².